The van der Waals surface area contributed by atoms with Gasteiger partial charge in [-0.15, -0.1) is 0 Å². The van der Waals surface area contributed by atoms with Gasteiger partial charge in [-0.2, -0.15) is 0 Å². The lowest BCUT2D eigenvalue weighted by atomic mass is 10.1. The maximum atomic E-state index is 11.8. The van der Waals surface area contributed by atoms with Crippen LogP contribution in [-0.4, -0.2) is 25.1 Å². The molecule has 5 nitrogen and oxygen atoms in total. The zero-order valence-corrected chi connectivity index (χ0v) is 12.9. The van der Waals surface area contributed by atoms with Crippen molar-refractivity contribution in [3.63, 3.8) is 0 Å². The molecule has 0 bridgehead atoms. The third-order valence-electron chi connectivity index (χ3n) is 2.82. The second-order valence-electron chi connectivity index (χ2n) is 4.52. The first kappa shape index (κ1) is 17.0. The van der Waals surface area contributed by atoms with Crippen LogP contribution >= 0.6 is 0 Å². The van der Waals surface area contributed by atoms with Crippen LogP contribution in [-0.2, 0) is 9.53 Å². The molecule has 0 saturated carbocycles. The molecule has 21 heavy (non-hydrogen) atoms. The van der Waals surface area contributed by atoms with Crippen molar-refractivity contribution in [1.29, 1.82) is 0 Å². The Morgan fingerprint density at radius 2 is 1.90 bits per heavy atom. The van der Waals surface area contributed by atoms with Crippen molar-refractivity contribution >= 4 is 17.6 Å². The first-order valence-corrected chi connectivity index (χ1v) is 7.36. The van der Waals surface area contributed by atoms with Gasteiger partial charge >= 0.3 is 5.97 Å². The largest absolute Gasteiger partial charge is 0.492 e. The zero-order chi connectivity index (χ0) is 15.7. The predicted octanol–water partition coefficient (Wildman–Crippen LogP) is 3.39. The molecule has 1 aromatic carbocycles. The summed E-state index contributed by atoms with van der Waals surface area (Å²) in [4.78, 5) is 23.5. The van der Waals surface area contributed by atoms with Crippen LogP contribution in [0.25, 0.3) is 0 Å². The molecule has 0 aliphatic carbocycles. The molecular weight excluding hydrogens is 270 g/mol. The number of hydrogen-bond donors (Lipinski definition) is 1. The molecule has 0 unspecified atom stereocenters. The lowest BCUT2D eigenvalue weighted by Gasteiger charge is -2.13. The second kappa shape index (κ2) is 9.00. The smallest absolute Gasteiger partial charge is 0.338 e. The number of carbonyl (C=O) groups is 2. The molecule has 0 spiro atoms. The molecule has 1 N–H and O–H groups in total. The van der Waals surface area contributed by atoms with Gasteiger partial charge in [0.05, 0.1) is 24.5 Å². The topological polar surface area (TPSA) is 64.6 Å². The van der Waals surface area contributed by atoms with E-state index in [0.29, 0.717) is 36.6 Å². The molecule has 0 radical (unpaired) electrons. The monoisotopic (exact) mass is 293 g/mol. The molecule has 5 heteroatoms. The predicted molar refractivity (Wildman–Crippen MR) is 81.7 cm³/mol. The van der Waals surface area contributed by atoms with Crippen molar-refractivity contribution in [1.82, 2.24) is 0 Å². The van der Waals surface area contributed by atoms with Gasteiger partial charge in [0.15, 0.2) is 0 Å². The fraction of sp³-hybridized carbons (Fsp3) is 0.500. The Morgan fingerprint density at radius 3 is 2.52 bits per heavy atom. The van der Waals surface area contributed by atoms with Gasteiger partial charge in [-0.25, -0.2) is 4.79 Å². The van der Waals surface area contributed by atoms with Crippen LogP contribution in [0.4, 0.5) is 5.69 Å². The second-order valence-corrected chi connectivity index (χ2v) is 4.52. The number of carbonyl (C=O) groups excluding carboxylic acids is 2. The zero-order valence-electron chi connectivity index (χ0n) is 12.9. The van der Waals surface area contributed by atoms with Crippen LogP contribution < -0.4 is 10.1 Å². The Morgan fingerprint density at radius 1 is 1.14 bits per heavy atom. The summed E-state index contributed by atoms with van der Waals surface area (Å²) in [7, 11) is 0. The first-order valence-electron chi connectivity index (χ1n) is 7.36. The molecule has 1 aromatic rings. The average Bonchev–Trinajstić information content (AvgIpc) is 2.47. The number of amides is 1. The molecule has 0 aliphatic heterocycles. The van der Waals surface area contributed by atoms with Crippen LogP contribution in [0.2, 0.25) is 0 Å². The number of nitrogens with one attached hydrogen (secondary N) is 1. The summed E-state index contributed by atoms with van der Waals surface area (Å²) < 4.78 is 10.4. The van der Waals surface area contributed by atoms with Crippen LogP contribution in [0.3, 0.4) is 0 Å². The molecule has 0 aromatic heterocycles. The van der Waals surface area contributed by atoms with E-state index in [1.807, 2.05) is 13.8 Å². The van der Waals surface area contributed by atoms with Gasteiger partial charge in [0.2, 0.25) is 5.91 Å². The summed E-state index contributed by atoms with van der Waals surface area (Å²) in [5.74, 6) is 0.0249. The summed E-state index contributed by atoms with van der Waals surface area (Å²) in [5.41, 5.74) is 0.984. The third kappa shape index (κ3) is 5.45. The Bertz CT molecular complexity index is 485. The molecular formula is C16H23NO4. The third-order valence-corrected chi connectivity index (χ3v) is 2.82. The maximum Gasteiger partial charge on any atom is 0.338 e. The number of benzene rings is 1. The summed E-state index contributed by atoms with van der Waals surface area (Å²) in [6.07, 6.45) is 2.28. The fourth-order valence-electron chi connectivity index (χ4n) is 1.79. The number of ether oxygens (including phenoxy) is 2. The van der Waals surface area contributed by atoms with E-state index < -0.39 is 5.97 Å². The Hall–Kier alpha value is -2.04. The summed E-state index contributed by atoms with van der Waals surface area (Å²) >= 11 is 0. The summed E-state index contributed by atoms with van der Waals surface area (Å²) in [6, 6.07) is 4.88. The lowest BCUT2D eigenvalue weighted by molar-refractivity contribution is -0.116. The van der Waals surface area contributed by atoms with Crippen molar-refractivity contribution in [2.75, 3.05) is 18.5 Å². The minimum Gasteiger partial charge on any atom is -0.492 e. The van der Waals surface area contributed by atoms with Crippen molar-refractivity contribution in [3.8, 4) is 5.75 Å². The van der Waals surface area contributed by atoms with Gasteiger partial charge in [-0.3, -0.25) is 4.79 Å². The number of hydrogen-bond acceptors (Lipinski definition) is 4. The normalized spacial score (nSPS) is 10.0. The van der Waals surface area contributed by atoms with E-state index in [9.17, 15) is 9.59 Å². The molecule has 1 amide bonds. The highest BCUT2D eigenvalue weighted by Crippen LogP contribution is 2.26. The summed E-state index contributed by atoms with van der Waals surface area (Å²) in [5, 5.41) is 2.81. The van der Waals surface area contributed by atoms with Gasteiger partial charge in [0.1, 0.15) is 5.75 Å². The molecule has 0 aliphatic rings. The SMILES string of the molecule is CCCCC(=O)Nc1ccc(C(=O)OCC)cc1OCC. The molecule has 0 heterocycles. The van der Waals surface area contributed by atoms with Crippen molar-refractivity contribution in [3.05, 3.63) is 23.8 Å². The van der Waals surface area contributed by atoms with Crippen molar-refractivity contribution < 1.29 is 19.1 Å². The number of unbranched alkanes of at least 4 members (excludes halogenated alkanes) is 1. The van der Waals surface area contributed by atoms with E-state index in [1.54, 1.807) is 25.1 Å². The molecule has 116 valence electrons. The summed E-state index contributed by atoms with van der Waals surface area (Å²) in [6.45, 7) is 6.40. The van der Waals surface area contributed by atoms with E-state index in [-0.39, 0.29) is 5.91 Å². The highest BCUT2D eigenvalue weighted by molar-refractivity contribution is 5.95. The molecule has 0 atom stereocenters. The Labute approximate surface area is 125 Å². The van der Waals surface area contributed by atoms with Crippen LogP contribution in [0, 0.1) is 0 Å². The van der Waals surface area contributed by atoms with Gasteiger partial charge < -0.3 is 14.8 Å². The van der Waals surface area contributed by atoms with Crippen molar-refractivity contribution in [2.45, 2.75) is 40.0 Å². The van der Waals surface area contributed by atoms with Crippen LogP contribution in [0.15, 0.2) is 18.2 Å². The highest BCUT2D eigenvalue weighted by atomic mass is 16.5. The average molecular weight is 293 g/mol. The number of esters is 1. The van der Waals surface area contributed by atoms with E-state index in [2.05, 4.69) is 5.32 Å². The van der Waals surface area contributed by atoms with Gasteiger partial charge in [0, 0.05) is 6.42 Å². The van der Waals surface area contributed by atoms with E-state index in [4.69, 9.17) is 9.47 Å². The minimum absolute atomic E-state index is 0.0540. The number of anilines is 1. The molecule has 1 rings (SSSR count). The highest BCUT2D eigenvalue weighted by Gasteiger charge is 2.13. The van der Waals surface area contributed by atoms with Crippen LogP contribution in [0.1, 0.15) is 50.4 Å². The number of rotatable bonds is 8. The lowest BCUT2D eigenvalue weighted by Crippen LogP contribution is -2.13. The Kier molecular flexibility index (Phi) is 7.29. The minimum atomic E-state index is -0.401. The van der Waals surface area contributed by atoms with E-state index >= 15 is 0 Å². The first-order chi connectivity index (χ1) is 10.1. The van der Waals surface area contributed by atoms with Gasteiger partial charge in [-0.1, -0.05) is 13.3 Å². The maximum absolute atomic E-state index is 11.8. The van der Waals surface area contributed by atoms with Gasteiger partial charge in [0.25, 0.3) is 0 Å². The Balaban J connectivity index is 2.88. The quantitative estimate of drug-likeness (QED) is 0.746. The van der Waals surface area contributed by atoms with E-state index in [0.717, 1.165) is 12.8 Å². The van der Waals surface area contributed by atoms with E-state index in [1.165, 1.54) is 0 Å². The fourth-order valence-corrected chi connectivity index (χ4v) is 1.79. The van der Waals surface area contributed by atoms with Crippen LogP contribution in [0.5, 0.6) is 5.75 Å². The standard InChI is InChI=1S/C16H23NO4/c1-4-7-8-15(18)17-13-10-9-12(16(19)21-6-3)11-14(13)20-5-2/h9-11H,4-8H2,1-3H3,(H,17,18). The molecule has 0 fully saturated rings. The van der Waals surface area contributed by atoms with Crippen molar-refractivity contribution in [2.24, 2.45) is 0 Å². The van der Waals surface area contributed by atoms with Gasteiger partial charge in [-0.05, 0) is 38.5 Å². The molecule has 0 saturated heterocycles.